The van der Waals surface area contributed by atoms with Crippen LogP contribution in [0, 0.1) is 15.9 Å². The summed E-state index contributed by atoms with van der Waals surface area (Å²) in [5, 5.41) is 20.2. The zero-order valence-electron chi connectivity index (χ0n) is 10.6. The average molecular weight is 293 g/mol. The van der Waals surface area contributed by atoms with E-state index in [1.54, 1.807) is 25.1 Å². The Kier molecular flexibility index (Phi) is 4.36. The predicted molar refractivity (Wildman–Crippen MR) is 74.3 cm³/mol. The van der Waals surface area contributed by atoms with Gasteiger partial charge in [-0.05, 0) is 42.8 Å². The molecule has 104 valence electrons. The third-order valence-corrected chi connectivity index (χ3v) is 3.80. The Balaban J connectivity index is 2.27. The van der Waals surface area contributed by atoms with Gasteiger partial charge in [0.1, 0.15) is 5.82 Å². The molecular formula is C14H12FNO3S. The number of aliphatic hydroxyl groups excluding tert-OH is 1. The molecule has 2 aromatic rings. The molecule has 2 rings (SSSR count). The van der Waals surface area contributed by atoms with Gasteiger partial charge in [0.05, 0.1) is 11.0 Å². The molecule has 0 saturated heterocycles. The van der Waals surface area contributed by atoms with E-state index in [2.05, 4.69) is 0 Å². The van der Waals surface area contributed by atoms with Crippen LogP contribution in [-0.2, 0) is 0 Å². The molecule has 0 unspecified atom stereocenters. The van der Waals surface area contributed by atoms with Crippen LogP contribution in [0.4, 0.5) is 10.1 Å². The number of halogens is 1. The molecule has 4 nitrogen and oxygen atoms in total. The maximum atomic E-state index is 13.2. The molecule has 1 N–H and O–H groups in total. The van der Waals surface area contributed by atoms with Gasteiger partial charge in [-0.15, -0.1) is 0 Å². The van der Waals surface area contributed by atoms with Crippen molar-refractivity contribution in [2.24, 2.45) is 0 Å². The summed E-state index contributed by atoms with van der Waals surface area (Å²) in [4.78, 5) is 11.6. The minimum Gasteiger partial charge on any atom is -0.389 e. The number of nitrogens with zero attached hydrogens (tertiary/aromatic N) is 1. The van der Waals surface area contributed by atoms with Gasteiger partial charge in [-0.2, -0.15) is 0 Å². The Labute approximate surface area is 119 Å². The van der Waals surface area contributed by atoms with Crippen molar-refractivity contribution in [2.75, 3.05) is 0 Å². The first-order valence-corrected chi connectivity index (χ1v) is 6.69. The summed E-state index contributed by atoms with van der Waals surface area (Å²) in [5.41, 5.74) is 0.512. The standard InChI is InChI=1S/C14H12FNO3S/c1-9(17)13-8-10(15)2-7-14(13)20-12-5-3-11(4-6-12)16(18)19/h2-9,17H,1H3/t9-/m1/s1. The Morgan fingerprint density at radius 3 is 2.45 bits per heavy atom. The first-order chi connectivity index (χ1) is 9.47. The lowest BCUT2D eigenvalue weighted by molar-refractivity contribution is -0.384. The van der Waals surface area contributed by atoms with Gasteiger partial charge in [-0.3, -0.25) is 10.1 Å². The van der Waals surface area contributed by atoms with Gasteiger partial charge in [-0.1, -0.05) is 11.8 Å². The van der Waals surface area contributed by atoms with Crippen molar-refractivity contribution in [3.63, 3.8) is 0 Å². The number of benzene rings is 2. The molecule has 0 amide bonds. The maximum absolute atomic E-state index is 13.2. The highest BCUT2D eigenvalue weighted by atomic mass is 32.2. The predicted octanol–water partition coefficient (Wildman–Crippen LogP) is 3.94. The van der Waals surface area contributed by atoms with Crippen molar-refractivity contribution in [1.82, 2.24) is 0 Å². The van der Waals surface area contributed by atoms with Crippen molar-refractivity contribution in [2.45, 2.75) is 22.8 Å². The number of hydrogen-bond donors (Lipinski definition) is 1. The van der Waals surface area contributed by atoms with Crippen LogP contribution >= 0.6 is 11.8 Å². The highest BCUT2D eigenvalue weighted by molar-refractivity contribution is 7.99. The van der Waals surface area contributed by atoms with Gasteiger partial charge >= 0.3 is 0 Å². The van der Waals surface area contributed by atoms with E-state index < -0.39 is 16.8 Å². The molecule has 0 fully saturated rings. The van der Waals surface area contributed by atoms with Crippen LogP contribution in [0.3, 0.4) is 0 Å². The Morgan fingerprint density at radius 2 is 1.90 bits per heavy atom. The summed E-state index contributed by atoms with van der Waals surface area (Å²) < 4.78 is 13.2. The third-order valence-electron chi connectivity index (χ3n) is 2.70. The fourth-order valence-electron chi connectivity index (χ4n) is 1.70. The van der Waals surface area contributed by atoms with Crippen molar-refractivity contribution in [3.8, 4) is 0 Å². The molecule has 2 aromatic carbocycles. The van der Waals surface area contributed by atoms with Gasteiger partial charge in [0.25, 0.3) is 5.69 Å². The zero-order valence-corrected chi connectivity index (χ0v) is 11.4. The first kappa shape index (κ1) is 14.5. The van der Waals surface area contributed by atoms with Crippen molar-refractivity contribution >= 4 is 17.4 Å². The van der Waals surface area contributed by atoms with E-state index in [4.69, 9.17) is 0 Å². The second kappa shape index (κ2) is 6.02. The van der Waals surface area contributed by atoms with Gasteiger partial charge < -0.3 is 5.11 Å². The van der Waals surface area contributed by atoms with Gasteiger partial charge in [0.2, 0.25) is 0 Å². The molecule has 0 aliphatic heterocycles. The van der Waals surface area contributed by atoms with Crippen LogP contribution in [-0.4, -0.2) is 10.0 Å². The van der Waals surface area contributed by atoms with Crippen molar-refractivity contribution in [3.05, 3.63) is 64.0 Å². The van der Waals surface area contributed by atoms with E-state index in [9.17, 15) is 19.6 Å². The third kappa shape index (κ3) is 3.34. The molecule has 0 radical (unpaired) electrons. The monoisotopic (exact) mass is 293 g/mol. The largest absolute Gasteiger partial charge is 0.389 e. The lowest BCUT2D eigenvalue weighted by atomic mass is 10.1. The zero-order chi connectivity index (χ0) is 14.7. The molecule has 6 heteroatoms. The highest BCUT2D eigenvalue weighted by Crippen LogP contribution is 2.34. The lowest BCUT2D eigenvalue weighted by Gasteiger charge is -2.11. The van der Waals surface area contributed by atoms with Crippen molar-refractivity contribution in [1.29, 1.82) is 0 Å². The molecule has 1 atom stereocenters. The molecular weight excluding hydrogens is 281 g/mol. The van der Waals surface area contributed by atoms with Crippen LogP contribution in [0.5, 0.6) is 0 Å². The number of aliphatic hydroxyl groups is 1. The number of hydrogen-bond acceptors (Lipinski definition) is 4. The summed E-state index contributed by atoms with van der Waals surface area (Å²) in [7, 11) is 0. The van der Waals surface area contributed by atoms with Gasteiger partial charge in [0, 0.05) is 21.9 Å². The topological polar surface area (TPSA) is 63.4 Å². The molecule has 0 heterocycles. The second-order valence-corrected chi connectivity index (χ2v) is 5.33. The Morgan fingerprint density at radius 1 is 1.25 bits per heavy atom. The summed E-state index contributed by atoms with van der Waals surface area (Å²) in [6, 6.07) is 10.3. The van der Waals surface area contributed by atoms with E-state index in [1.165, 1.54) is 36.0 Å². The maximum Gasteiger partial charge on any atom is 0.269 e. The molecule has 20 heavy (non-hydrogen) atoms. The fourth-order valence-corrected chi connectivity index (χ4v) is 2.71. The molecule has 0 spiro atoms. The van der Waals surface area contributed by atoms with E-state index in [0.29, 0.717) is 5.56 Å². The number of rotatable bonds is 4. The smallest absolute Gasteiger partial charge is 0.269 e. The van der Waals surface area contributed by atoms with Crippen LogP contribution in [0.15, 0.2) is 52.3 Å². The quantitative estimate of drug-likeness (QED) is 0.685. The SMILES string of the molecule is C[C@@H](O)c1cc(F)ccc1Sc1ccc([N+](=O)[O-])cc1. The van der Waals surface area contributed by atoms with Crippen LogP contribution in [0.1, 0.15) is 18.6 Å². The normalized spacial score (nSPS) is 12.2. The minimum absolute atomic E-state index is 0.0178. The average Bonchev–Trinajstić information content (AvgIpc) is 2.41. The molecule has 0 aliphatic rings. The van der Waals surface area contributed by atoms with Gasteiger partial charge in [-0.25, -0.2) is 4.39 Å². The molecule has 0 bridgehead atoms. The van der Waals surface area contributed by atoms with E-state index >= 15 is 0 Å². The summed E-state index contributed by atoms with van der Waals surface area (Å²) in [6.07, 6.45) is -0.786. The number of nitro benzene ring substituents is 1. The highest BCUT2D eigenvalue weighted by Gasteiger charge is 2.11. The summed E-state index contributed by atoms with van der Waals surface area (Å²) in [5.74, 6) is -0.408. The lowest BCUT2D eigenvalue weighted by Crippen LogP contribution is -1.95. The fraction of sp³-hybridized carbons (Fsp3) is 0.143. The molecule has 0 aliphatic carbocycles. The van der Waals surface area contributed by atoms with Crippen LogP contribution in [0.25, 0.3) is 0 Å². The number of non-ortho nitro benzene ring substituents is 1. The van der Waals surface area contributed by atoms with Crippen LogP contribution < -0.4 is 0 Å². The van der Waals surface area contributed by atoms with E-state index in [1.807, 2.05) is 0 Å². The van der Waals surface area contributed by atoms with Gasteiger partial charge in [0.15, 0.2) is 0 Å². The number of nitro groups is 1. The Bertz CT molecular complexity index is 629. The molecule has 0 aromatic heterocycles. The van der Waals surface area contributed by atoms with Crippen LogP contribution in [0.2, 0.25) is 0 Å². The second-order valence-electron chi connectivity index (χ2n) is 4.21. The van der Waals surface area contributed by atoms with Crippen molar-refractivity contribution < 1.29 is 14.4 Å². The summed E-state index contributed by atoms with van der Waals surface area (Å²) in [6.45, 7) is 1.56. The minimum atomic E-state index is -0.786. The molecule has 0 saturated carbocycles. The summed E-state index contributed by atoms with van der Waals surface area (Å²) >= 11 is 1.32. The Hall–Kier alpha value is -1.92. The first-order valence-electron chi connectivity index (χ1n) is 5.87. The van der Waals surface area contributed by atoms with E-state index in [-0.39, 0.29) is 5.69 Å². The van der Waals surface area contributed by atoms with E-state index in [0.717, 1.165) is 9.79 Å².